The fraction of sp³-hybridized carbons (Fsp3) is 0.545. The minimum Gasteiger partial charge on any atom is -0.243 e. The van der Waals surface area contributed by atoms with Gasteiger partial charge in [-0.3, -0.25) is 0 Å². The molecule has 1 fully saturated rings. The van der Waals surface area contributed by atoms with Gasteiger partial charge in [-0.05, 0) is 26.0 Å². The van der Waals surface area contributed by atoms with E-state index in [1.165, 1.54) is 16.6 Å². The van der Waals surface area contributed by atoms with Crippen molar-refractivity contribution in [2.45, 2.75) is 23.5 Å². The maximum absolute atomic E-state index is 12.5. The molecule has 100 valence electrons. The lowest BCUT2D eigenvalue weighted by Crippen LogP contribution is -2.46. The number of pyridine rings is 1. The number of halogens is 1. The maximum Gasteiger partial charge on any atom is 0.246 e. The first-order valence-corrected chi connectivity index (χ1v) is 8.38. The second kappa shape index (κ2) is 5.00. The van der Waals surface area contributed by atoms with Crippen LogP contribution in [0.3, 0.4) is 0 Å². The third kappa shape index (κ3) is 2.82. The fourth-order valence-electron chi connectivity index (χ4n) is 1.88. The van der Waals surface area contributed by atoms with Crippen molar-refractivity contribution < 1.29 is 8.42 Å². The van der Waals surface area contributed by atoms with Gasteiger partial charge in [0.2, 0.25) is 10.0 Å². The van der Waals surface area contributed by atoms with E-state index in [2.05, 4.69) is 4.98 Å². The van der Waals surface area contributed by atoms with Crippen LogP contribution in [-0.2, 0) is 10.0 Å². The Morgan fingerprint density at radius 3 is 2.83 bits per heavy atom. The molecule has 0 aliphatic carbocycles. The van der Waals surface area contributed by atoms with Crippen LogP contribution in [0.2, 0.25) is 5.15 Å². The number of hydrogen-bond donors (Lipinski definition) is 0. The Hall–Kier alpha value is -0.300. The molecule has 1 aromatic heterocycles. The molecule has 0 bridgehead atoms. The summed E-state index contributed by atoms with van der Waals surface area (Å²) in [5, 5.41) is 0.0357. The summed E-state index contributed by atoms with van der Waals surface area (Å²) in [5.41, 5.74) is 0. The number of hydrogen-bond acceptors (Lipinski definition) is 4. The molecule has 4 nitrogen and oxygen atoms in total. The lowest BCUT2D eigenvalue weighted by Gasteiger charge is -2.36. The average molecular weight is 307 g/mol. The molecule has 0 atom stereocenters. The smallest absolute Gasteiger partial charge is 0.243 e. The van der Waals surface area contributed by atoms with E-state index < -0.39 is 10.0 Å². The molecule has 2 heterocycles. The van der Waals surface area contributed by atoms with Crippen molar-refractivity contribution in [2.75, 3.05) is 18.8 Å². The Morgan fingerprint density at radius 2 is 2.22 bits per heavy atom. The molecule has 1 aliphatic rings. The van der Waals surface area contributed by atoms with Crippen LogP contribution in [-0.4, -0.2) is 41.3 Å². The summed E-state index contributed by atoms with van der Waals surface area (Å²) in [6.45, 7) is 5.10. The SMILES string of the molecule is CC1(C)CN(S(=O)(=O)c2cccnc2Cl)CCS1. The Morgan fingerprint density at radius 1 is 1.50 bits per heavy atom. The molecule has 0 aromatic carbocycles. The van der Waals surface area contributed by atoms with E-state index in [-0.39, 0.29) is 14.8 Å². The quantitative estimate of drug-likeness (QED) is 0.786. The topological polar surface area (TPSA) is 50.3 Å². The van der Waals surface area contributed by atoms with Gasteiger partial charge in [-0.15, -0.1) is 0 Å². The summed E-state index contributed by atoms with van der Waals surface area (Å²) in [4.78, 5) is 3.92. The van der Waals surface area contributed by atoms with Gasteiger partial charge < -0.3 is 0 Å². The molecule has 0 amide bonds. The van der Waals surface area contributed by atoms with Crippen molar-refractivity contribution in [3.05, 3.63) is 23.5 Å². The highest BCUT2D eigenvalue weighted by atomic mass is 35.5. The number of rotatable bonds is 2. The first-order chi connectivity index (χ1) is 8.33. The highest BCUT2D eigenvalue weighted by Crippen LogP contribution is 2.33. The van der Waals surface area contributed by atoms with Gasteiger partial charge in [0.15, 0.2) is 0 Å². The van der Waals surface area contributed by atoms with Gasteiger partial charge in [0.25, 0.3) is 0 Å². The summed E-state index contributed by atoms with van der Waals surface area (Å²) in [7, 11) is -3.54. The number of nitrogens with zero attached hydrogens (tertiary/aromatic N) is 2. The lowest BCUT2D eigenvalue weighted by molar-refractivity contribution is 0.387. The molecule has 18 heavy (non-hydrogen) atoms. The average Bonchev–Trinajstić information content (AvgIpc) is 2.28. The molecule has 2 rings (SSSR count). The van der Waals surface area contributed by atoms with E-state index in [9.17, 15) is 8.42 Å². The Balaban J connectivity index is 2.35. The predicted molar refractivity (Wildman–Crippen MR) is 74.5 cm³/mol. The first kappa shape index (κ1) is 14.1. The van der Waals surface area contributed by atoms with E-state index in [4.69, 9.17) is 11.6 Å². The van der Waals surface area contributed by atoms with Gasteiger partial charge in [-0.1, -0.05) is 11.6 Å². The van der Waals surface area contributed by atoms with Crippen LogP contribution in [0.15, 0.2) is 23.2 Å². The highest BCUT2D eigenvalue weighted by Gasteiger charge is 2.35. The number of thioether (sulfide) groups is 1. The molecule has 1 saturated heterocycles. The van der Waals surface area contributed by atoms with Gasteiger partial charge in [0.05, 0.1) is 0 Å². The van der Waals surface area contributed by atoms with Crippen molar-refractivity contribution in [2.24, 2.45) is 0 Å². The van der Waals surface area contributed by atoms with Crippen LogP contribution < -0.4 is 0 Å². The predicted octanol–water partition coefficient (Wildman–Crippen LogP) is 2.25. The van der Waals surface area contributed by atoms with E-state index in [1.807, 2.05) is 13.8 Å². The van der Waals surface area contributed by atoms with Crippen molar-refractivity contribution in [1.29, 1.82) is 0 Å². The zero-order valence-corrected chi connectivity index (χ0v) is 12.6. The summed E-state index contributed by atoms with van der Waals surface area (Å²) < 4.78 is 26.4. The fourth-order valence-corrected chi connectivity index (χ4v) is 5.22. The van der Waals surface area contributed by atoms with Crippen LogP contribution in [0, 0.1) is 0 Å². The van der Waals surface area contributed by atoms with Crippen LogP contribution in [0.5, 0.6) is 0 Å². The first-order valence-electron chi connectivity index (χ1n) is 5.57. The molecule has 7 heteroatoms. The van der Waals surface area contributed by atoms with Gasteiger partial charge in [-0.2, -0.15) is 16.1 Å². The normalized spacial score (nSPS) is 20.8. The largest absolute Gasteiger partial charge is 0.246 e. The van der Waals surface area contributed by atoms with E-state index in [1.54, 1.807) is 17.8 Å². The monoisotopic (exact) mass is 306 g/mol. The van der Waals surface area contributed by atoms with Crippen molar-refractivity contribution >= 4 is 33.4 Å². The van der Waals surface area contributed by atoms with E-state index >= 15 is 0 Å². The minimum atomic E-state index is -3.54. The lowest BCUT2D eigenvalue weighted by atomic mass is 10.2. The van der Waals surface area contributed by atoms with E-state index in [0.29, 0.717) is 13.1 Å². The zero-order valence-electron chi connectivity index (χ0n) is 10.3. The molecule has 1 aliphatic heterocycles. The molecular weight excluding hydrogens is 292 g/mol. The summed E-state index contributed by atoms with van der Waals surface area (Å²) >= 11 is 7.66. The van der Waals surface area contributed by atoms with Gasteiger partial charge in [0, 0.05) is 29.8 Å². The highest BCUT2D eigenvalue weighted by molar-refractivity contribution is 8.00. The van der Waals surface area contributed by atoms with Crippen LogP contribution in [0.1, 0.15) is 13.8 Å². The number of sulfonamides is 1. The summed E-state index contributed by atoms with van der Waals surface area (Å²) in [6, 6.07) is 3.09. The number of aromatic nitrogens is 1. The summed E-state index contributed by atoms with van der Waals surface area (Å²) in [5.74, 6) is 0.796. The van der Waals surface area contributed by atoms with Crippen molar-refractivity contribution in [3.8, 4) is 0 Å². The summed E-state index contributed by atoms with van der Waals surface area (Å²) in [6.07, 6.45) is 1.48. The molecule has 0 saturated carbocycles. The van der Waals surface area contributed by atoms with Gasteiger partial charge in [-0.25, -0.2) is 13.4 Å². The Kier molecular flexibility index (Phi) is 3.92. The van der Waals surface area contributed by atoms with Crippen molar-refractivity contribution in [1.82, 2.24) is 9.29 Å². The molecule has 0 unspecified atom stereocenters. The Bertz CT molecular complexity index is 546. The van der Waals surface area contributed by atoms with Crippen molar-refractivity contribution in [3.63, 3.8) is 0 Å². The molecule has 0 radical (unpaired) electrons. The maximum atomic E-state index is 12.5. The second-order valence-corrected chi connectivity index (χ2v) is 8.81. The van der Waals surface area contributed by atoms with Crippen LogP contribution in [0.4, 0.5) is 0 Å². The standard InChI is InChI=1S/C11H15ClN2O2S2/c1-11(2)8-14(6-7-17-11)18(15,16)9-4-3-5-13-10(9)12/h3-5H,6-8H2,1-2H3. The van der Waals surface area contributed by atoms with Gasteiger partial charge >= 0.3 is 0 Å². The van der Waals surface area contributed by atoms with Gasteiger partial charge in [0.1, 0.15) is 10.0 Å². The second-order valence-electron chi connectivity index (χ2n) is 4.74. The zero-order chi connectivity index (χ0) is 13.4. The third-order valence-electron chi connectivity index (χ3n) is 2.73. The molecule has 1 aromatic rings. The molecule has 0 spiro atoms. The Labute approximate surface area is 117 Å². The third-order valence-corrected chi connectivity index (χ3v) is 6.32. The van der Waals surface area contributed by atoms with E-state index in [0.717, 1.165) is 5.75 Å². The minimum absolute atomic E-state index is 0.0357. The van der Waals surface area contributed by atoms with Crippen LogP contribution >= 0.6 is 23.4 Å². The molecular formula is C11H15ClN2O2S2. The molecule has 0 N–H and O–H groups in total. The van der Waals surface area contributed by atoms with Crippen LogP contribution in [0.25, 0.3) is 0 Å².